The van der Waals surface area contributed by atoms with Crippen LogP contribution in [0.5, 0.6) is 0 Å². The molecule has 2 heterocycles. The maximum absolute atomic E-state index is 9.06. The smallest absolute Gasteiger partial charge is 0.151 e. The van der Waals surface area contributed by atoms with Crippen molar-refractivity contribution in [1.29, 1.82) is 10.5 Å². The summed E-state index contributed by atoms with van der Waals surface area (Å²) in [6.45, 7) is 7.32. The minimum absolute atomic E-state index is 0.159. The Kier molecular flexibility index (Phi) is 4.40. The van der Waals surface area contributed by atoms with Crippen molar-refractivity contribution in [3.05, 3.63) is 72.6 Å². The second-order valence-corrected chi connectivity index (χ2v) is 4.20. The van der Waals surface area contributed by atoms with E-state index in [0.29, 0.717) is 11.5 Å². The van der Waals surface area contributed by atoms with Crippen LogP contribution in [0.2, 0.25) is 0 Å². The van der Waals surface area contributed by atoms with Crippen molar-refractivity contribution < 1.29 is 13.6 Å². The minimum atomic E-state index is -0.815. The average Bonchev–Trinajstić information content (AvgIpc) is 3.20. The number of nitriles is 2. The van der Waals surface area contributed by atoms with E-state index in [-0.39, 0.29) is 11.1 Å². The van der Waals surface area contributed by atoms with Crippen LogP contribution in [0, 0.1) is 22.7 Å². The summed E-state index contributed by atoms with van der Waals surface area (Å²) < 4.78 is 16.4. The lowest BCUT2D eigenvalue weighted by Crippen LogP contribution is -2.12. The molecule has 0 saturated carbocycles. The van der Waals surface area contributed by atoms with Crippen LogP contribution in [0.15, 0.2) is 69.9 Å². The monoisotopic (exact) mass is 280 g/mol. The first-order valence-corrected chi connectivity index (χ1v) is 6.07. The van der Waals surface area contributed by atoms with Crippen LogP contribution < -0.4 is 0 Å². The van der Waals surface area contributed by atoms with E-state index in [1.54, 1.807) is 24.3 Å². The molecule has 0 aromatic carbocycles. The maximum Gasteiger partial charge on any atom is 0.151 e. The van der Waals surface area contributed by atoms with Gasteiger partial charge < -0.3 is 13.6 Å². The molecule has 0 saturated heterocycles. The van der Waals surface area contributed by atoms with Crippen molar-refractivity contribution in [2.75, 3.05) is 0 Å². The summed E-state index contributed by atoms with van der Waals surface area (Å²) in [5.41, 5.74) is 0.319. The Hall–Kier alpha value is -3.02. The molecule has 104 valence electrons. The third-order valence-corrected chi connectivity index (χ3v) is 2.80. The lowest BCUT2D eigenvalue weighted by atomic mass is 10.1. The van der Waals surface area contributed by atoms with Gasteiger partial charge in [0.1, 0.15) is 11.5 Å². The molecule has 0 aliphatic carbocycles. The van der Waals surface area contributed by atoms with E-state index >= 15 is 0 Å². The Morgan fingerprint density at radius 2 is 1.38 bits per heavy atom. The van der Waals surface area contributed by atoms with Gasteiger partial charge in [-0.25, -0.2) is 0 Å². The molecule has 21 heavy (non-hydrogen) atoms. The summed E-state index contributed by atoms with van der Waals surface area (Å²) >= 11 is 0. The molecule has 2 aromatic rings. The highest BCUT2D eigenvalue weighted by molar-refractivity contribution is 5.31. The summed E-state index contributed by atoms with van der Waals surface area (Å²) in [7, 11) is 0. The van der Waals surface area contributed by atoms with Gasteiger partial charge in [0.05, 0.1) is 35.8 Å². The summed E-state index contributed by atoms with van der Waals surface area (Å²) in [6, 6.07) is 10.6. The molecule has 0 aliphatic rings. The lowest BCUT2D eigenvalue weighted by molar-refractivity contribution is 0.00862. The largest absolute Gasteiger partial charge is 0.466 e. The van der Waals surface area contributed by atoms with Gasteiger partial charge in [-0.1, -0.05) is 13.2 Å². The van der Waals surface area contributed by atoms with Crippen LogP contribution in [0.4, 0.5) is 0 Å². The predicted molar refractivity (Wildman–Crippen MR) is 73.5 cm³/mol. The standard InChI is InChI=1S/C16H12N2O3/c1-11(9-17)15(13-5-3-7-19-13)21-16(12(2)10-18)14-6-4-8-20-14/h3-8,15-16H,1-2H2. The van der Waals surface area contributed by atoms with Crippen LogP contribution in [0.25, 0.3) is 0 Å². The van der Waals surface area contributed by atoms with Crippen LogP contribution in [-0.4, -0.2) is 0 Å². The summed E-state index contributed by atoms with van der Waals surface area (Å²) in [6.07, 6.45) is 1.31. The molecule has 5 heteroatoms. The second-order valence-electron chi connectivity index (χ2n) is 4.20. The third-order valence-electron chi connectivity index (χ3n) is 2.80. The van der Waals surface area contributed by atoms with E-state index in [4.69, 9.17) is 24.1 Å². The van der Waals surface area contributed by atoms with Crippen molar-refractivity contribution in [2.45, 2.75) is 12.2 Å². The highest BCUT2D eigenvalue weighted by Gasteiger charge is 2.28. The first kappa shape index (κ1) is 14.4. The van der Waals surface area contributed by atoms with Gasteiger partial charge in [0.25, 0.3) is 0 Å². The molecular formula is C16H12N2O3. The number of nitrogens with zero attached hydrogens (tertiary/aromatic N) is 2. The van der Waals surface area contributed by atoms with Crippen molar-refractivity contribution in [2.24, 2.45) is 0 Å². The van der Waals surface area contributed by atoms with Gasteiger partial charge in [0, 0.05) is 0 Å². The molecule has 2 unspecified atom stereocenters. The average molecular weight is 280 g/mol. The number of ether oxygens (including phenoxy) is 1. The number of furan rings is 2. The molecule has 0 bridgehead atoms. The van der Waals surface area contributed by atoms with E-state index < -0.39 is 12.2 Å². The van der Waals surface area contributed by atoms with Crippen molar-refractivity contribution in [3.63, 3.8) is 0 Å². The zero-order valence-corrected chi connectivity index (χ0v) is 11.2. The van der Waals surface area contributed by atoms with E-state index in [9.17, 15) is 0 Å². The van der Waals surface area contributed by atoms with Crippen molar-refractivity contribution in [3.8, 4) is 12.1 Å². The zero-order valence-electron chi connectivity index (χ0n) is 11.2. The second kappa shape index (κ2) is 6.42. The fourth-order valence-electron chi connectivity index (χ4n) is 1.78. The van der Waals surface area contributed by atoms with E-state index in [1.165, 1.54) is 12.5 Å². The van der Waals surface area contributed by atoms with Gasteiger partial charge >= 0.3 is 0 Å². The van der Waals surface area contributed by atoms with Gasteiger partial charge in [-0.15, -0.1) is 0 Å². The number of rotatable bonds is 6. The molecule has 0 fully saturated rings. The first-order chi connectivity index (χ1) is 10.2. The van der Waals surface area contributed by atoms with Crippen LogP contribution in [0.1, 0.15) is 23.7 Å². The third kappa shape index (κ3) is 3.11. The van der Waals surface area contributed by atoms with Gasteiger partial charge in [0.15, 0.2) is 12.2 Å². The summed E-state index contributed by atoms with van der Waals surface area (Å²) in [5.74, 6) is 0.840. The van der Waals surface area contributed by atoms with E-state index in [2.05, 4.69) is 13.2 Å². The van der Waals surface area contributed by atoms with E-state index in [0.717, 1.165) is 0 Å². The van der Waals surface area contributed by atoms with Gasteiger partial charge in [-0.3, -0.25) is 0 Å². The van der Waals surface area contributed by atoms with Crippen LogP contribution in [0.3, 0.4) is 0 Å². The summed E-state index contributed by atoms with van der Waals surface area (Å²) in [4.78, 5) is 0. The fraction of sp³-hybridized carbons (Fsp3) is 0.125. The Balaban J connectivity index is 2.33. The zero-order chi connectivity index (χ0) is 15.2. The molecule has 0 amide bonds. The van der Waals surface area contributed by atoms with Crippen LogP contribution in [-0.2, 0) is 4.74 Å². The van der Waals surface area contributed by atoms with Crippen molar-refractivity contribution >= 4 is 0 Å². The van der Waals surface area contributed by atoms with Gasteiger partial charge in [-0.2, -0.15) is 10.5 Å². The van der Waals surface area contributed by atoms with E-state index in [1.807, 2.05) is 12.1 Å². The Labute approximate surface area is 122 Å². The SMILES string of the molecule is C=C(C#N)C(OC(C(=C)C#N)c1ccco1)c1ccco1. The molecular weight excluding hydrogens is 268 g/mol. The topological polar surface area (TPSA) is 83.1 Å². The molecule has 0 aliphatic heterocycles. The lowest BCUT2D eigenvalue weighted by Gasteiger charge is -2.20. The fourth-order valence-corrected chi connectivity index (χ4v) is 1.78. The van der Waals surface area contributed by atoms with Crippen molar-refractivity contribution in [1.82, 2.24) is 0 Å². The molecule has 2 atom stereocenters. The molecule has 0 spiro atoms. The minimum Gasteiger partial charge on any atom is -0.466 e. The highest BCUT2D eigenvalue weighted by atomic mass is 16.5. The van der Waals surface area contributed by atoms with Crippen LogP contribution >= 0.6 is 0 Å². The molecule has 2 rings (SSSR count). The molecule has 0 N–H and O–H groups in total. The Morgan fingerprint density at radius 1 is 0.952 bits per heavy atom. The number of hydrogen-bond acceptors (Lipinski definition) is 5. The predicted octanol–water partition coefficient (Wildman–Crippen LogP) is 3.83. The number of hydrogen-bond donors (Lipinski definition) is 0. The maximum atomic E-state index is 9.06. The Morgan fingerprint density at radius 3 is 1.67 bits per heavy atom. The molecule has 2 aromatic heterocycles. The van der Waals surface area contributed by atoms with Gasteiger partial charge in [-0.05, 0) is 24.3 Å². The van der Waals surface area contributed by atoms with Gasteiger partial charge in [0.2, 0.25) is 0 Å². The molecule has 0 radical (unpaired) electrons. The quantitative estimate of drug-likeness (QED) is 0.751. The Bertz CT molecular complexity index is 638. The molecule has 5 nitrogen and oxygen atoms in total. The first-order valence-electron chi connectivity index (χ1n) is 6.07. The summed E-state index contributed by atoms with van der Waals surface area (Å²) in [5, 5.41) is 18.1. The normalized spacial score (nSPS) is 12.9. The highest BCUT2D eigenvalue weighted by Crippen LogP contribution is 2.34.